The van der Waals surface area contributed by atoms with Gasteiger partial charge in [-0.25, -0.2) is 0 Å². The molecular weight excluding hydrogens is 418 g/mol. The van der Waals surface area contributed by atoms with E-state index in [2.05, 4.69) is 47.9 Å². The summed E-state index contributed by atoms with van der Waals surface area (Å²) in [6.45, 7) is 6.94. The number of carbonyl (C=O) groups is 1. The maximum absolute atomic E-state index is 13.2. The maximum Gasteiger partial charge on any atom is 0.237 e. The Hall–Kier alpha value is -2.64. The lowest BCUT2D eigenvalue weighted by molar-refractivity contribution is -0.893. The Bertz CT molecular complexity index is 988. The summed E-state index contributed by atoms with van der Waals surface area (Å²) in [5, 5.41) is 9.86. The van der Waals surface area contributed by atoms with E-state index in [9.17, 15) is 4.79 Å². The molecule has 1 atom stereocenters. The Morgan fingerprint density at radius 3 is 2.22 bits per heavy atom. The van der Waals surface area contributed by atoms with Crippen LogP contribution in [0.3, 0.4) is 0 Å². The van der Waals surface area contributed by atoms with Gasteiger partial charge in [-0.15, -0.1) is 10.2 Å². The smallest absolute Gasteiger partial charge is 0.237 e. The predicted molar refractivity (Wildman–Crippen MR) is 131 cm³/mol. The molecule has 3 rings (SSSR count). The second kappa shape index (κ2) is 11.3. The van der Waals surface area contributed by atoms with Crippen molar-refractivity contribution in [1.82, 2.24) is 14.8 Å². The number of thioether (sulfide) groups is 1. The molecule has 0 aliphatic rings. The lowest BCUT2D eigenvalue weighted by atomic mass is 10.2. The number of amides is 1. The standard InChI is InChI=1S/C25H33N5OS/c1-6-22(28(4)5)24-26-27-25(29(24)17-20-13-9-7-10-14-20)32-18-23(31)30(19(2)3)21-15-11-8-12-16-21/h7-16,19,22H,6,17-18H2,1-5H3/p+1/t22-/m1/s1. The molecule has 0 bridgehead atoms. The largest absolute Gasteiger partial charge is 0.331 e. The molecule has 0 aliphatic carbocycles. The van der Waals surface area contributed by atoms with Crippen LogP contribution in [0, 0.1) is 0 Å². The number of rotatable bonds is 10. The number of quaternary nitrogens is 1. The molecule has 0 saturated heterocycles. The van der Waals surface area contributed by atoms with Crippen molar-refractivity contribution >= 4 is 23.4 Å². The van der Waals surface area contributed by atoms with Gasteiger partial charge in [0.05, 0.1) is 26.4 Å². The van der Waals surface area contributed by atoms with E-state index in [1.165, 1.54) is 22.2 Å². The van der Waals surface area contributed by atoms with E-state index in [0.29, 0.717) is 12.3 Å². The first-order valence-electron chi connectivity index (χ1n) is 11.2. The lowest BCUT2D eigenvalue weighted by Gasteiger charge is -2.26. The zero-order valence-electron chi connectivity index (χ0n) is 19.7. The topological polar surface area (TPSA) is 55.5 Å². The monoisotopic (exact) mass is 452 g/mol. The zero-order chi connectivity index (χ0) is 23.1. The summed E-state index contributed by atoms with van der Waals surface area (Å²) in [6, 6.07) is 20.5. The van der Waals surface area contributed by atoms with Crippen LogP contribution in [-0.4, -0.2) is 46.6 Å². The third-order valence-corrected chi connectivity index (χ3v) is 6.44. The highest BCUT2D eigenvalue weighted by atomic mass is 32.2. The first-order valence-corrected chi connectivity index (χ1v) is 12.2. The average molecular weight is 453 g/mol. The van der Waals surface area contributed by atoms with Crippen molar-refractivity contribution in [3.63, 3.8) is 0 Å². The van der Waals surface area contributed by atoms with Gasteiger partial charge in [-0.2, -0.15) is 0 Å². The maximum atomic E-state index is 13.2. The minimum Gasteiger partial charge on any atom is -0.331 e. The summed E-state index contributed by atoms with van der Waals surface area (Å²) in [5.74, 6) is 1.35. The minimum absolute atomic E-state index is 0.0669. The van der Waals surface area contributed by atoms with Crippen molar-refractivity contribution in [2.45, 2.75) is 51.0 Å². The van der Waals surface area contributed by atoms with Gasteiger partial charge in [0.25, 0.3) is 0 Å². The average Bonchev–Trinajstić information content (AvgIpc) is 3.16. The zero-order valence-corrected chi connectivity index (χ0v) is 20.5. The molecule has 3 aromatic rings. The molecule has 0 unspecified atom stereocenters. The lowest BCUT2D eigenvalue weighted by Crippen LogP contribution is -3.06. The number of nitrogens with zero attached hydrogens (tertiary/aromatic N) is 4. The minimum atomic E-state index is 0.0669. The fraction of sp³-hybridized carbons (Fsp3) is 0.400. The fourth-order valence-electron chi connectivity index (χ4n) is 3.94. The van der Waals surface area contributed by atoms with Crippen molar-refractivity contribution in [2.75, 3.05) is 24.7 Å². The Kier molecular flexibility index (Phi) is 8.47. The molecular formula is C25H34N5OS+. The van der Waals surface area contributed by atoms with Gasteiger partial charge in [0, 0.05) is 18.2 Å². The molecule has 0 fully saturated rings. The molecule has 1 heterocycles. The normalized spacial score (nSPS) is 12.3. The van der Waals surface area contributed by atoms with Crippen LogP contribution < -0.4 is 9.80 Å². The van der Waals surface area contributed by atoms with E-state index in [4.69, 9.17) is 0 Å². The van der Waals surface area contributed by atoms with Crippen LogP contribution >= 0.6 is 11.8 Å². The number of aromatic nitrogens is 3. The van der Waals surface area contributed by atoms with Crippen LogP contribution in [0.5, 0.6) is 0 Å². The molecule has 170 valence electrons. The highest BCUT2D eigenvalue weighted by molar-refractivity contribution is 7.99. The number of benzene rings is 2. The van der Waals surface area contributed by atoms with E-state index in [1.807, 2.05) is 67.3 Å². The van der Waals surface area contributed by atoms with Crippen molar-refractivity contribution in [3.8, 4) is 0 Å². The number of hydrogen-bond donors (Lipinski definition) is 1. The van der Waals surface area contributed by atoms with Crippen molar-refractivity contribution < 1.29 is 9.69 Å². The third kappa shape index (κ3) is 5.78. The Balaban J connectivity index is 1.85. The van der Waals surface area contributed by atoms with E-state index < -0.39 is 0 Å². The molecule has 7 heteroatoms. The Morgan fingerprint density at radius 2 is 1.66 bits per heavy atom. The van der Waals surface area contributed by atoms with E-state index in [0.717, 1.165) is 23.1 Å². The molecule has 1 N–H and O–H groups in total. The molecule has 2 aromatic carbocycles. The molecule has 0 saturated carbocycles. The van der Waals surface area contributed by atoms with Crippen LogP contribution in [-0.2, 0) is 11.3 Å². The summed E-state index contributed by atoms with van der Waals surface area (Å²) in [7, 11) is 4.29. The van der Waals surface area contributed by atoms with Crippen molar-refractivity contribution in [2.24, 2.45) is 0 Å². The second-order valence-electron chi connectivity index (χ2n) is 8.43. The van der Waals surface area contributed by atoms with Crippen molar-refractivity contribution in [3.05, 3.63) is 72.1 Å². The van der Waals surface area contributed by atoms with Gasteiger partial charge in [-0.05, 0) is 31.5 Å². The van der Waals surface area contributed by atoms with Crippen LogP contribution in [0.1, 0.15) is 44.6 Å². The molecule has 1 aromatic heterocycles. The van der Waals surface area contributed by atoms with E-state index >= 15 is 0 Å². The molecule has 0 aliphatic heterocycles. The highest BCUT2D eigenvalue weighted by Gasteiger charge is 2.26. The summed E-state index contributed by atoms with van der Waals surface area (Å²) in [5.41, 5.74) is 2.11. The van der Waals surface area contributed by atoms with Gasteiger partial charge in [-0.1, -0.05) is 67.2 Å². The van der Waals surface area contributed by atoms with Crippen LogP contribution in [0.15, 0.2) is 65.8 Å². The summed E-state index contributed by atoms with van der Waals surface area (Å²) in [6.07, 6.45) is 0.966. The van der Waals surface area contributed by atoms with Gasteiger partial charge in [0.2, 0.25) is 5.91 Å². The molecule has 32 heavy (non-hydrogen) atoms. The fourth-order valence-corrected chi connectivity index (χ4v) is 4.75. The van der Waals surface area contributed by atoms with Gasteiger partial charge in [0.1, 0.15) is 6.04 Å². The molecule has 6 nitrogen and oxygen atoms in total. The van der Waals surface area contributed by atoms with Crippen LogP contribution in [0.4, 0.5) is 5.69 Å². The summed E-state index contributed by atoms with van der Waals surface area (Å²) in [4.78, 5) is 16.3. The second-order valence-corrected chi connectivity index (χ2v) is 9.37. The van der Waals surface area contributed by atoms with Crippen LogP contribution in [0.25, 0.3) is 0 Å². The number of hydrogen-bond acceptors (Lipinski definition) is 4. The third-order valence-electron chi connectivity index (χ3n) is 5.49. The van der Waals surface area contributed by atoms with Crippen LogP contribution in [0.2, 0.25) is 0 Å². The first-order chi connectivity index (χ1) is 15.4. The summed E-state index contributed by atoms with van der Waals surface area (Å²) < 4.78 is 2.18. The molecule has 0 radical (unpaired) electrons. The van der Waals surface area contributed by atoms with E-state index in [-0.39, 0.29) is 18.0 Å². The molecule has 1 amide bonds. The van der Waals surface area contributed by atoms with Gasteiger partial charge >= 0.3 is 0 Å². The molecule has 0 spiro atoms. The number of anilines is 1. The SMILES string of the molecule is CC[C@H](c1nnc(SCC(=O)N(c2ccccc2)C(C)C)n1Cc1ccccc1)[NH+](C)C. The quantitative estimate of drug-likeness (QED) is 0.479. The number of para-hydroxylation sites is 1. The highest BCUT2D eigenvalue weighted by Crippen LogP contribution is 2.24. The van der Waals surface area contributed by atoms with Crippen molar-refractivity contribution in [1.29, 1.82) is 0 Å². The number of nitrogens with one attached hydrogen (secondary N) is 1. The first kappa shape index (κ1) is 24.0. The van der Waals surface area contributed by atoms with Gasteiger partial charge in [0.15, 0.2) is 11.0 Å². The van der Waals surface area contributed by atoms with E-state index in [1.54, 1.807) is 0 Å². The Labute approximate surface area is 195 Å². The van der Waals surface area contributed by atoms with Gasteiger partial charge < -0.3 is 9.80 Å². The van der Waals surface area contributed by atoms with Gasteiger partial charge in [-0.3, -0.25) is 9.36 Å². The number of carbonyl (C=O) groups excluding carboxylic acids is 1. The summed E-state index contributed by atoms with van der Waals surface area (Å²) >= 11 is 1.46. The Morgan fingerprint density at radius 1 is 1.03 bits per heavy atom. The predicted octanol–water partition coefficient (Wildman–Crippen LogP) is 3.46.